The number of carbonyl (C=O) groups is 2. The molecule has 0 saturated carbocycles. The lowest BCUT2D eigenvalue weighted by Gasteiger charge is -2.39. The quantitative estimate of drug-likeness (QED) is 0.461. The predicted molar refractivity (Wildman–Crippen MR) is 161 cm³/mol. The van der Waals surface area contributed by atoms with Crippen LogP contribution in [-0.2, 0) is 33.6 Å². The number of morpholine rings is 1. The van der Waals surface area contributed by atoms with Crippen LogP contribution in [0.4, 0.5) is 11.4 Å². The van der Waals surface area contributed by atoms with E-state index < -0.39 is 32.9 Å². The maximum atomic E-state index is 13.7. The van der Waals surface area contributed by atoms with Gasteiger partial charge in [0.05, 0.1) is 65.4 Å². The van der Waals surface area contributed by atoms with Crippen molar-refractivity contribution in [2.24, 2.45) is 5.73 Å². The summed E-state index contributed by atoms with van der Waals surface area (Å²) in [7, 11) is -1.68. The van der Waals surface area contributed by atoms with E-state index in [0.29, 0.717) is 24.3 Å². The summed E-state index contributed by atoms with van der Waals surface area (Å²) in [4.78, 5) is 30.1. The predicted octanol–water partition coefficient (Wildman–Crippen LogP) is 3.38. The summed E-state index contributed by atoms with van der Waals surface area (Å²) in [5, 5.41) is 9.56. The largest absolute Gasteiger partial charge is 0.466 e. The summed E-state index contributed by atoms with van der Waals surface area (Å²) >= 11 is 0. The van der Waals surface area contributed by atoms with Gasteiger partial charge in [0.1, 0.15) is 11.5 Å². The molecule has 11 nitrogen and oxygen atoms in total. The number of sulfone groups is 1. The van der Waals surface area contributed by atoms with E-state index >= 15 is 0 Å². The zero-order chi connectivity index (χ0) is 31.6. The monoisotopic (exact) mass is 608 g/mol. The number of nitrogens with two attached hydrogens (primary N) is 1. The van der Waals surface area contributed by atoms with Crippen molar-refractivity contribution in [1.29, 1.82) is 5.26 Å². The van der Waals surface area contributed by atoms with Crippen molar-refractivity contribution >= 4 is 33.2 Å². The van der Waals surface area contributed by atoms with Gasteiger partial charge in [-0.05, 0) is 51.5 Å². The fourth-order valence-corrected chi connectivity index (χ4v) is 6.73. The molecule has 0 amide bonds. The molecule has 2 aromatic carbocycles. The first-order chi connectivity index (χ1) is 20.4. The highest BCUT2D eigenvalue weighted by Crippen LogP contribution is 2.45. The van der Waals surface area contributed by atoms with Crippen LogP contribution in [0.1, 0.15) is 39.2 Å². The molecule has 1 fully saturated rings. The minimum atomic E-state index is -3.98. The van der Waals surface area contributed by atoms with Gasteiger partial charge in [-0.15, -0.1) is 0 Å². The minimum Gasteiger partial charge on any atom is -0.466 e. The van der Waals surface area contributed by atoms with Crippen LogP contribution in [0.25, 0.3) is 0 Å². The third-order valence-corrected chi connectivity index (χ3v) is 9.71. The fraction of sp³-hybridized carbons (Fsp3) is 0.387. The van der Waals surface area contributed by atoms with E-state index in [2.05, 4.69) is 6.07 Å². The Morgan fingerprint density at radius 3 is 2.16 bits per heavy atom. The SMILES string of the molecule is COC(=O)C1=C(C(=O)OC)N(c2cc(N3CC(C)OC(C)C3)ccc2S(=O)(=O)C(C)C)C(N)=C(C#N)C1c1ccccc1. The lowest BCUT2D eigenvalue weighted by Crippen LogP contribution is -2.45. The maximum Gasteiger partial charge on any atom is 0.355 e. The second-order valence-electron chi connectivity index (χ2n) is 10.7. The molecule has 12 heteroatoms. The molecule has 0 spiro atoms. The van der Waals surface area contributed by atoms with Crippen LogP contribution in [0.5, 0.6) is 0 Å². The van der Waals surface area contributed by atoms with Crippen LogP contribution in [0.2, 0.25) is 0 Å². The molecule has 3 unspecified atom stereocenters. The van der Waals surface area contributed by atoms with Crippen LogP contribution in [0.3, 0.4) is 0 Å². The van der Waals surface area contributed by atoms with Gasteiger partial charge in [-0.25, -0.2) is 18.0 Å². The average molecular weight is 609 g/mol. The average Bonchev–Trinajstić information content (AvgIpc) is 2.99. The molecule has 2 N–H and O–H groups in total. The van der Waals surface area contributed by atoms with Crippen molar-refractivity contribution in [3.8, 4) is 6.07 Å². The minimum absolute atomic E-state index is 0.00318. The summed E-state index contributed by atoms with van der Waals surface area (Å²) < 4.78 is 43.6. The molecular weight excluding hydrogens is 572 g/mol. The summed E-state index contributed by atoms with van der Waals surface area (Å²) in [6.07, 6.45) is -0.195. The number of methoxy groups -OCH3 is 2. The lowest BCUT2D eigenvalue weighted by atomic mass is 9.81. The normalized spacial score (nSPS) is 21.1. The number of ether oxygens (including phenoxy) is 3. The lowest BCUT2D eigenvalue weighted by molar-refractivity contribution is -0.139. The van der Waals surface area contributed by atoms with Gasteiger partial charge in [0.2, 0.25) is 0 Å². The standard InChI is InChI=1S/C31H36N4O7S/c1-18(2)43(38,39)25-13-12-22(34-16-19(3)42-20(4)17-34)14-24(25)35-28(31(37)41-6)27(30(36)40-5)26(23(15-32)29(35)33)21-10-8-7-9-11-21/h7-14,18-20,26H,16-17,33H2,1-6H3. The van der Waals surface area contributed by atoms with Gasteiger partial charge >= 0.3 is 11.9 Å². The molecule has 3 atom stereocenters. The number of anilines is 2. The van der Waals surface area contributed by atoms with Crippen molar-refractivity contribution in [2.75, 3.05) is 37.1 Å². The second kappa shape index (κ2) is 12.5. The Morgan fingerprint density at radius 1 is 1.02 bits per heavy atom. The number of nitrogens with zero attached hydrogens (tertiary/aromatic N) is 3. The van der Waals surface area contributed by atoms with E-state index in [-0.39, 0.29) is 45.5 Å². The highest BCUT2D eigenvalue weighted by atomic mass is 32.2. The number of allylic oxidation sites excluding steroid dienone is 1. The van der Waals surface area contributed by atoms with Crippen LogP contribution in [-0.4, -0.2) is 65.1 Å². The topological polar surface area (TPSA) is 152 Å². The third kappa shape index (κ3) is 5.83. The summed E-state index contributed by atoms with van der Waals surface area (Å²) in [6, 6.07) is 15.4. The number of hydrogen-bond donors (Lipinski definition) is 1. The summed E-state index contributed by atoms with van der Waals surface area (Å²) in [5.74, 6) is -3.17. The fourth-order valence-electron chi connectivity index (χ4n) is 5.52. The summed E-state index contributed by atoms with van der Waals surface area (Å²) in [6.45, 7) is 8.01. The molecule has 2 heterocycles. The van der Waals surface area contributed by atoms with Crippen LogP contribution < -0.4 is 15.5 Å². The molecule has 0 radical (unpaired) electrons. The third-order valence-electron chi connectivity index (χ3n) is 7.51. The first-order valence-electron chi connectivity index (χ1n) is 13.8. The van der Waals surface area contributed by atoms with Crippen LogP contribution >= 0.6 is 0 Å². The molecule has 2 aliphatic heterocycles. The molecule has 228 valence electrons. The smallest absolute Gasteiger partial charge is 0.355 e. The highest BCUT2D eigenvalue weighted by Gasteiger charge is 2.44. The molecule has 2 aliphatic rings. The molecule has 1 saturated heterocycles. The Morgan fingerprint density at radius 2 is 1.63 bits per heavy atom. The maximum absolute atomic E-state index is 13.7. The first kappa shape index (κ1) is 31.6. The van der Waals surface area contributed by atoms with Gasteiger partial charge in [-0.3, -0.25) is 4.90 Å². The Balaban J connectivity index is 2.12. The van der Waals surface area contributed by atoms with E-state index in [1.54, 1.807) is 42.5 Å². The van der Waals surface area contributed by atoms with E-state index in [1.807, 2.05) is 18.7 Å². The van der Waals surface area contributed by atoms with Gasteiger partial charge in [0.15, 0.2) is 9.84 Å². The van der Waals surface area contributed by atoms with Crippen molar-refractivity contribution in [1.82, 2.24) is 0 Å². The second-order valence-corrected chi connectivity index (χ2v) is 13.2. The Hall–Kier alpha value is -4.34. The van der Waals surface area contributed by atoms with Crippen molar-refractivity contribution in [3.63, 3.8) is 0 Å². The molecular formula is C31H36N4O7S. The van der Waals surface area contributed by atoms with Gasteiger partial charge in [-0.1, -0.05) is 30.3 Å². The molecule has 0 bridgehead atoms. The molecule has 4 rings (SSSR count). The van der Waals surface area contributed by atoms with Gasteiger partial charge in [0.25, 0.3) is 0 Å². The number of benzene rings is 2. The number of hydrogen-bond acceptors (Lipinski definition) is 11. The Kier molecular flexibility index (Phi) is 9.18. The number of nitriles is 1. The van der Waals surface area contributed by atoms with E-state index in [4.69, 9.17) is 19.9 Å². The van der Waals surface area contributed by atoms with Gasteiger partial charge in [0, 0.05) is 18.8 Å². The van der Waals surface area contributed by atoms with E-state index in [0.717, 1.165) is 19.1 Å². The number of rotatable bonds is 7. The van der Waals surface area contributed by atoms with Crippen molar-refractivity contribution < 1.29 is 32.2 Å². The highest BCUT2D eigenvalue weighted by molar-refractivity contribution is 7.92. The van der Waals surface area contributed by atoms with Crippen molar-refractivity contribution in [3.05, 3.63) is 76.8 Å². The van der Waals surface area contributed by atoms with E-state index in [1.165, 1.54) is 19.9 Å². The molecule has 0 aliphatic carbocycles. The summed E-state index contributed by atoms with van der Waals surface area (Å²) in [5.41, 5.74) is 7.22. The van der Waals surface area contributed by atoms with Crippen molar-refractivity contribution in [2.45, 2.75) is 56.0 Å². The van der Waals surface area contributed by atoms with Gasteiger partial charge in [-0.2, -0.15) is 5.26 Å². The number of carbonyl (C=O) groups excluding carboxylic acids is 2. The van der Waals surface area contributed by atoms with Gasteiger partial charge < -0.3 is 24.8 Å². The molecule has 0 aromatic heterocycles. The Bertz CT molecular complexity index is 1620. The van der Waals surface area contributed by atoms with Crippen LogP contribution in [0.15, 0.2) is 76.1 Å². The zero-order valence-corrected chi connectivity index (χ0v) is 25.8. The molecule has 43 heavy (non-hydrogen) atoms. The Labute approximate surface area is 252 Å². The van der Waals surface area contributed by atoms with Crippen LogP contribution in [0, 0.1) is 11.3 Å². The number of esters is 2. The molecule has 2 aromatic rings. The first-order valence-corrected chi connectivity index (χ1v) is 15.4. The van der Waals surface area contributed by atoms with E-state index in [9.17, 15) is 23.3 Å². The zero-order valence-electron chi connectivity index (χ0n) is 25.0.